The molecule has 0 bridgehead atoms. The fourth-order valence-electron chi connectivity index (χ4n) is 1.80. The molecular formula is C15H20BrF2NOS. The monoisotopic (exact) mass is 379 g/mol. The first kappa shape index (κ1) is 18.5. The van der Waals surface area contributed by atoms with Crippen LogP contribution in [0.2, 0.25) is 0 Å². The summed E-state index contributed by atoms with van der Waals surface area (Å²) in [6.07, 6.45) is 1.62. The Kier molecular flexibility index (Phi) is 6.25. The summed E-state index contributed by atoms with van der Waals surface area (Å²) in [7, 11) is -1.54. The second kappa shape index (κ2) is 7.11. The van der Waals surface area contributed by atoms with Crippen molar-refractivity contribution in [1.82, 2.24) is 4.72 Å². The fourth-order valence-corrected chi connectivity index (χ4v) is 3.07. The van der Waals surface area contributed by atoms with Gasteiger partial charge in [0.1, 0.15) is 12.5 Å². The Hall–Kier alpha value is -0.590. The van der Waals surface area contributed by atoms with Crippen molar-refractivity contribution in [3.63, 3.8) is 0 Å². The molecule has 0 unspecified atom stereocenters. The molecule has 0 saturated carbocycles. The average molecular weight is 380 g/mol. The molecule has 1 aromatic carbocycles. The van der Waals surface area contributed by atoms with Gasteiger partial charge in [0, 0.05) is 10.0 Å². The molecule has 6 heteroatoms. The lowest BCUT2D eigenvalue weighted by molar-refractivity contribution is 0.281. The summed E-state index contributed by atoms with van der Waals surface area (Å²) >= 11 is 3.26. The van der Waals surface area contributed by atoms with Crippen LogP contribution in [0.4, 0.5) is 8.78 Å². The van der Waals surface area contributed by atoms with E-state index in [1.54, 1.807) is 20.8 Å². The predicted molar refractivity (Wildman–Crippen MR) is 87.6 cm³/mol. The molecule has 1 N–H and O–H groups in total. The van der Waals surface area contributed by atoms with E-state index in [-0.39, 0.29) is 12.0 Å². The topological polar surface area (TPSA) is 29.1 Å². The van der Waals surface area contributed by atoms with Crippen molar-refractivity contribution < 1.29 is 13.0 Å². The van der Waals surface area contributed by atoms with Crippen LogP contribution in [0.15, 0.2) is 35.3 Å². The van der Waals surface area contributed by atoms with Crippen LogP contribution in [0.3, 0.4) is 0 Å². The highest BCUT2D eigenvalue weighted by molar-refractivity contribution is 9.10. The summed E-state index contributed by atoms with van der Waals surface area (Å²) in [6.45, 7) is 8.01. The van der Waals surface area contributed by atoms with Gasteiger partial charge < -0.3 is 0 Å². The van der Waals surface area contributed by atoms with Crippen molar-refractivity contribution in [2.24, 2.45) is 0 Å². The number of hydrogen-bond donors (Lipinski definition) is 1. The van der Waals surface area contributed by atoms with Gasteiger partial charge in [0.15, 0.2) is 0 Å². The Labute approximate surface area is 135 Å². The minimum Gasteiger partial charge on any atom is -0.249 e. The lowest BCUT2D eigenvalue weighted by Gasteiger charge is -2.34. The Balaban J connectivity index is 3.35. The van der Waals surface area contributed by atoms with E-state index < -0.39 is 33.8 Å². The van der Waals surface area contributed by atoms with Crippen LogP contribution in [-0.4, -0.2) is 15.6 Å². The quantitative estimate of drug-likeness (QED) is 0.730. The Morgan fingerprint density at radius 2 is 2.05 bits per heavy atom. The van der Waals surface area contributed by atoms with Gasteiger partial charge in [-0.25, -0.2) is 17.7 Å². The molecule has 0 radical (unpaired) electrons. The molecule has 0 aromatic heterocycles. The van der Waals surface area contributed by atoms with Gasteiger partial charge >= 0.3 is 0 Å². The molecule has 0 aliphatic rings. The number of rotatable bonds is 6. The number of halogens is 3. The van der Waals surface area contributed by atoms with Crippen LogP contribution in [0.1, 0.15) is 32.8 Å². The molecule has 1 aromatic rings. The van der Waals surface area contributed by atoms with Crippen molar-refractivity contribution >= 4 is 26.9 Å². The lowest BCUT2D eigenvalue weighted by atomic mass is 9.88. The molecule has 2 nitrogen and oxygen atoms in total. The Morgan fingerprint density at radius 1 is 1.43 bits per heavy atom. The third-order valence-corrected chi connectivity index (χ3v) is 5.19. The zero-order valence-electron chi connectivity index (χ0n) is 12.4. The number of alkyl halides is 1. The van der Waals surface area contributed by atoms with Crippen molar-refractivity contribution in [2.75, 3.05) is 6.67 Å². The smallest absolute Gasteiger partial charge is 0.128 e. The van der Waals surface area contributed by atoms with Crippen LogP contribution in [0, 0.1) is 5.82 Å². The Morgan fingerprint density at radius 3 is 2.52 bits per heavy atom. The summed E-state index contributed by atoms with van der Waals surface area (Å²) < 4.78 is 43.1. The standard InChI is InChI=1S/C15H20BrF2NOS/c1-5-8-15(10-17,19-21(20)14(2,3)4)12-9-11(16)6-7-13(12)18/h5-7,9,19H,1,8,10H2,2-4H3/t15-,21+/m1/s1. The maximum absolute atomic E-state index is 14.2. The number of nitrogens with one attached hydrogen (secondary N) is 1. The minimum absolute atomic E-state index is 0.124. The van der Waals surface area contributed by atoms with Gasteiger partial charge in [0.25, 0.3) is 0 Å². The third kappa shape index (κ3) is 4.44. The number of benzene rings is 1. The van der Waals surface area contributed by atoms with Crippen molar-refractivity contribution in [3.8, 4) is 0 Å². The molecule has 0 fully saturated rings. The molecule has 0 heterocycles. The molecule has 118 valence electrons. The van der Waals surface area contributed by atoms with E-state index in [1.165, 1.54) is 24.3 Å². The summed E-state index contributed by atoms with van der Waals surface area (Å²) in [5, 5.41) is 0. The van der Waals surface area contributed by atoms with Crippen LogP contribution in [0.25, 0.3) is 0 Å². The number of hydrogen-bond acceptors (Lipinski definition) is 1. The van der Waals surface area contributed by atoms with E-state index in [0.29, 0.717) is 4.47 Å². The van der Waals surface area contributed by atoms with Crippen LogP contribution in [-0.2, 0) is 16.5 Å². The molecule has 0 aliphatic carbocycles. The van der Waals surface area contributed by atoms with Gasteiger partial charge in [-0.05, 0) is 45.4 Å². The summed E-state index contributed by atoms with van der Waals surface area (Å²) in [6, 6.07) is 4.30. The molecule has 1 rings (SSSR count). The van der Waals surface area contributed by atoms with Crippen LogP contribution < -0.4 is 4.72 Å². The molecule has 0 saturated heterocycles. The summed E-state index contributed by atoms with van der Waals surface area (Å²) in [4.78, 5) is 0. The second-order valence-corrected chi connectivity index (χ2v) is 8.70. The minimum atomic E-state index is -1.54. The highest BCUT2D eigenvalue weighted by Gasteiger charge is 2.38. The molecular weight excluding hydrogens is 360 g/mol. The molecule has 21 heavy (non-hydrogen) atoms. The molecule has 0 amide bonds. The maximum atomic E-state index is 14.2. The van der Waals surface area contributed by atoms with E-state index in [1.807, 2.05) is 0 Å². The maximum Gasteiger partial charge on any atom is 0.128 e. The fraction of sp³-hybridized carbons (Fsp3) is 0.467. The van der Waals surface area contributed by atoms with E-state index in [0.717, 1.165) is 0 Å². The first-order chi connectivity index (χ1) is 9.66. The van der Waals surface area contributed by atoms with Gasteiger partial charge in [-0.2, -0.15) is 0 Å². The zero-order valence-corrected chi connectivity index (χ0v) is 14.8. The second-order valence-electron chi connectivity index (χ2n) is 5.82. The van der Waals surface area contributed by atoms with Gasteiger partial charge in [0.2, 0.25) is 0 Å². The normalized spacial score (nSPS) is 16.3. The highest BCUT2D eigenvalue weighted by atomic mass is 79.9. The van der Waals surface area contributed by atoms with Crippen LogP contribution >= 0.6 is 15.9 Å². The van der Waals surface area contributed by atoms with Gasteiger partial charge in [-0.3, -0.25) is 0 Å². The van der Waals surface area contributed by atoms with Crippen molar-refractivity contribution in [3.05, 3.63) is 46.7 Å². The van der Waals surface area contributed by atoms with Gasteiger partial charge in [0.05, 0.1) is 21.3 Å². The molecule has 0 aliphatic heterocycles. The highest BCUT2D eigenvalue weighted by Crippen LogP contribution is 2.32. The molecule has 0 spiro atoms. The molecule has 2 atom stereocenters. The third-order valence-electron chi connectivity index (χ3n) is 3.01. The van der Waals surface area contributed by atoms with Crippen LogP contribution in [0.5, 0.6) is 0 Å². The van der Waals surface area contributed by atoms with E-state index in [9.17, 15) is 13.0 Å². The van der Waals surface area contributed by atoms with E-state index in [4.69, 9.17) is 0 Å². The van der Waals surface area contributed by atoms with Gasteiger partial charge in [-0.1, -0.05) is 22.0 Å². The first-order valence-corrected chi connectivity index (χ1v) is 8.42. The van der Waals surface area contributed by atoms with E-state index >= 15 is 0 Å². The van der Waals surface area contributed by atoms with Crippen molar-refractivity contribution in [1.29, 1.82) is 0 Å². The summed E-state index contributed by atoms with van der Waals surface area (Å²) in [5.74, 6) is -0.545. The summed E-state index contributed by atoms with van der Waals surface area (Å²) in [5.41, 5.74) is -1.26. The zero-order chi connectivity index (χ0) is 16.3. The lowest BCUT2D eigenvalue weighted by Crippen LogP contribution is -2.49. The van der Waals surface area contributed by atoms with Gasteiger partial charge in [-0.15, -0.1) is 6.58 Å². The van der Waals surface area contributed by atoms with Crippen molar-refractivity contribution in [2.45, 2.75) is 37.5 Å². The Bertz CT molecular complexity index is 545. The average Bonchev–Trinajstić information content (AvgIpc) is 2.39. The SMILES string of the molecule is C=CC[C@](CF)(N[S@@](=O)C(C)(C)C)c1cc(Br)ccc1F. The largest absolute Gasteiger partial charge is 0.249 e. The predicted octanol–water partition coefficient (Wildman–Crippen LogP) is 4.38. The first-order valence-electron chi connectivity index (χ1n) is 6.48. The van der Waals surface area contributed by atoms with E-state index in [2.05, 4.69) is 27.2 Å².